The topological polar surface area (TPSA) is 57.2 Å². The van der Waals surface area contributed by atoms with Gasteiger partial charge in [0.2, 0.25) is 0 Å². The number of carbonyl (C=O) groups excluding carboxylic acids is 1. The highest BCUT2D eigenvalue weighted by Gasteiger charge is 2.16. The van der Waals surface area contributed by atoms with Gasteiger partial charge in [0.25, 0.3) is 5.91 Å². The van der Waals surface area contributed by atoms with E-state index in [1.807, 2.05) is 30.3 Å². The molecule has 0 saturated carbocycles. The van der Waals surface area contributed by atoms with Crippen molar-refractivity contribution in [2.24, 2.45) is 0 Å². The number of rotatable bonds is 8. The first-order valence-electron chi connectivity index (χ1n) is 7.80. The highest BCUT2D eigenvalue weighted by atomic mass is 16.5. The zero-order chi connectivity index (χ0) is 18.2. The molecule has 0 spiro atoms. The van der Waals surface area contributed by atoms with E-state index in [1.54, 1.807) is 45.4 Å². The Bertz CT molecular complexity index is 717. The van der Waals surface area contributed by atoms with Gasteiger partial charge in [-0.2, -0.15) is 0 Å². The summed E-state index contributed by atoms with van der Waals surface area (Å²) in [5, 5.41) is 0. The Labute approximate surface area is 147 Å². The third-order valence-corrected chi connectivity index (χ3v) is 3.74. The van der Waals surface area contributed by atoms with Crippen molar-refractivity contribution in [2.45, 2.75) is 6.54 Å². The summed E-state index contributed by atoms with van der Waals surface area (Å²) in [6.07, 6.45) is 0. The molecule has 2 aromatic rings. The predicted octanol–water partition coefficient (Wildman–Crippen LogP) is 2.75. The summed E-state index contributed by atoms with van der Waals surface area (Å²) in [7, 11) is 6.43. The van der Waals surface area contributed by atoms with Crippen LogP contribution in [0.2, 0.25) is 0 Å². The monoisotopic (exact) mass is 345 g/mol. The van der Waals surface area contributed by atoms with Crippen molar-refractivity contribution in [2.75, 3.05) is 35.0 Å². The number of ether oxygens (including phenoxy) is 4. The van der Waals surface area contributed by atoms with Gasteiger partial charge in [-0.3, -0.25) is 4.79 Å². The van der Waals surface area contributed by atoms with Gasteiger partial charge in [-0.1, -0.05) is 24.3 Å². The van der Waals surface area contributed by atoms with Crippen molar-refractivity contribution >= 4 is 5.91 Å². The summed E-state index contributed by atoms with van der Waals surface area (Å²) < 4.78 is 21.5. The number of hydrogen-bond donors (Lipinski definition) is 0. The van der Waals surface area contributed by atoms with E-state index in [2.05, 4.69) is 0 Å². The van der Waals surface area contributed by atoms with Crippen LogP contribution in [0, 0.1) is 0 Å². The molecule has 0 unspecified atom stereocenters. The standard InChI is InChI=1S/C19H23NO5/c1-20(12-14-8-7-11-17(23-3)19(14)24-4)18(21)13-25-16-10-6-5-9-15(16)22-2/h5-11H,12-13H2,1-4H3. The predicted molar refractivity (Wildman–Crippen MR) is 94.5 cm³/mol. The Morgan fingerprint density at radius 2 is 1.52 bits per heavy atom. The van der Waals surface area contributed by atoms with Crippen LogP contribution in [0.15, 0.2) is 42.5 Å². The van der Waals surface area contributed by atoms with E-state index in [-0.39, 0.29) is 12.5 Å². The molecule has 0 aliphatic rings. The molecule has 0 atom stereocenters. The maximum absolute atomic E-state index is 12.4. The molecule has 2 aromatic carbocycles. The van der Waals surface area contributed by atoms with Gasteiger partial charge >= 0.3 is 0 Å². The van der Waals surface area contributed by atoms with Crippen LogP contribution in [0.25, 0.3) is 0 Å². The molecule has 0 saturated heterocycles. The van der Waals surface area contributed by atoms with Crippen molar-refractivity contribution in [3.8, 4) is 23.0 Å². The molecule has 1 amide bonds. The van der Waals surface area contributed by atoms with Gasteiger partial charge in [0.1, 0.15) is 0 Å². The maximum Gasteiger partial charge on any atom is 0.260 e. The highest BCUT2D eigenvalue weighted by Crippen LogP contribution is 2.31. The van der Waals surface area contributed by atoms with Crippen LogP contribution in [0.5, 0.6) is 23.0 Å². The number of nitrogens with zero attached hydrogens (tertiary/aromatic N) is 1. The smallest absolute Gasteiger partial charge is 0.260 e. The minimum atomic E-state index is -0.157. The van der Waals surface area contributed by atoms with Crippen LogP contribution in [-0.4, -0.2) is 45.8 Å². The van der Waals surface area contributed by atoms with Gasteiger partial charge in [-0.25, -0.2) is 0 Å². The molecule has 0 aliphatic carbocycles. The minimum Gasteiger partial charge on any atom is -0.493 e. The number of hydrogen-bond acceptors (Lipinski definition) is 5. The van der Waals surface area contributed by atoms with Crippen molar-refractivity contribution < 1.29 is 23.7 Å². The van der Waals surface area contributed by atoms with Gasteiger partial charge in [0.15, 0.2) is 29.6 Å². The van der Waals surface area contributed by atoms with Crippen LogP contribution in [-0.2, 0) is 11.3 Å². The number of methoxy groups -OCH3 is 3. The maximum atomic E-state index is 12.4. The Kier molecular flexibility index (Phi) is 6.51. The van der Waals surface area contributed by atoms with Crippen molar-refractivity contribution in [3.05, 3.63) is 48.0 Å². The fourth-order valence-electron chi connectivity index (χ4n) is 2.41. The Morgan fingerprint density at radius 3 is 2.16 bits per heavy atom. The first-order valence-corrected chi connectivity index (χ1v) is 7.80. The minimum absolute atomic E-state index is 0.0802. The average molecular weight is 345 g/mol. The molecule has 6 heteroatoms. The SMILES string of the molecule is COc1ccccc1OCC(=O)N(C)Cc1cccc(OC)c1OC. The molecule has 0 radical (unpaired) electrons. The van der Waals surface area contributed by atoms with Crippen LogP contribution in [0.4, 0.5) is 0 Å². The van der Waals surface area contributed by atoms with Gasteiger partial charge in [0, 0.05) is 19.2 Å². The number of amides is 1. The van der Waals surface area contributed by atoms with Crippen LogP contribution in [0.3, 0.4) is 0 Å². The summed E-state index contributed by atoms with van der Waals surface area (Å²) in [5.41, 5.74) is 0.856. The quantitative estimate of drug-likeness (QED) is 0.736. The molecule has 6 nitrogen and oxygen atoms in total. The number of benzene rings is 2. The molecule has 0 fully saturated rings. The summed E-state index contributed by atoms with van der Waals surface area (Å²) in [4.78, 5) is 13.9. The first-order chi connectivity index (χ1) is 12.1. The van der Waals surface area contributed by atoms with Crippen molar-refractivity contribution in [1.29, 1.82) is 0 Å². The molecule has 0 N–H and O–H groups in total. The summed E-state index contributed by atoms with van der Waals surface area (Å²) in [6, 6.07) is 12.8. The van der Waals surface area contributed by atoms with E-state index in [4.69, 9.17) is 18.9 Å². The molecule has 25 heavy (non-hydrogen) atoms. The van der Waals surface area contributed by atoms with E-state index in [0.29, 0.717) is 29.5 Å². The summed E-state index contributed by atoms with van der Waals surface area (Å²) >= 11 is 0. The fourth-order valence-corrected chi connectivity index (χ4v) is 2.41. The fraction of sp³-hybridized carbons (Fsp3) is 0.316. The van der Waals surface area contributed by atoms with Gasteiger partial charge in [-0.05, 0) is 18.2 Å². The zero-order valence-corrected chi connectivity index (χ0v) is 14.9. The molecule has 0 aliphatic heterocycles. The molecule has 0 aromatic heterocycles. The van der Waals surface area contributed by atoms with Crippen molar-refractivity contribution in [3.63, 3.8) is 0 Å². The van der Waals surface area contributed by atoms with Crippen LogP contribution in [0.1, 0.15) is 5.56 Å². The van der Waals surface area contributed by atoms with E-state index in [9.17, 15) is 4.79 Å². The second-order valence-electron chi connectivity index (χ2n) is 5.34. The molecule has 0 heterocycles. The van der Waals surface area contributed by atoms with E-state index < -0.39 is 0 Å². The lowest BCUT2D eigenvalue weighted by molar-refractivity contribution is -0.132. The van der Waals surface area contributed by atoms with Gasteiger partial charge in [0.05, 0.1) is 21.3 Å². The third kappa shape index (κ3) is 4.56. The second kappa shape index (κ2) is 8.82. The molecular weight excluding hydrogens is 322 g/mol. The number of carbonyl (C=O) groups is 1. The van der Waals surface area contributed by atoms with E-state index >= 15 is 0 Å². The summed E-state index contributed by atoms with van der Waals surface area (Å²) in [6.45, 7) is 0.303. The Hall–Kier alpha value is -2.89. The highest BCUT2D eigenvalue weighted by molar-refractivity contribution is 5.77. The van der Waals surface area contributed by atoms with Crippen LogP contribution >= 0.6 is 0 Å². The van der Waals surface area contributed by atoms with Crippen LogP contribution < -0.4 is 18.9 Å². The molecular formula is C19H23NO5. The lowest BCUT2D eigenvalue weighted by Crippen LogP contribution is -2.31. The third-order valence-electron chi connectivity index (χ3n) is 3.74. The molecule has 134 valence electrons. The van der Waals surface area contributed by atoms with E-state index in [0.717, 1.165) is 5.56 Å². The van der Waals surface area contributed by atoms with Gasteiger partial charge in [-0.15, -0.1) is 0 Å². The lowest BCUT2D eigenvalue weighted by atomic mass is 10.1. The number of para-hydroxylation sites is 3. The number of likely N-dealkylation sites (N-methyl/N-ethyl adjacent to an activating group) is 1. The lowest BCUT2D eigenvalue weighted by Gasteiger charge is -2.20. The normalized spacial score (nSPS) is 10.1. The largest absolute Gasteiger partial charge is 0.493 e. The molecule has 0 bridgehead atoms. The second-order valence-corrected chi connectivity index (χ2v) is 5.34. The van der Waals surface area contributed by atoms with Crippen molar-refractivity contribution in [1.82, 2.24) is 4.90 Å². The Balaban J connectivity index is 2.01. The average Bonchev–Trinajstić information content (AvgIpc) is 2.65. The summed E-state index contributed by atoms with van der Waals surface area (Å²) in [5.74, 6) is 2.22. The van der Waals surface area contributed by atoms with E-state index in [1.165, 1.54) is 0 Å². The van der Waals surface area contributed by atoms with Gasteiger partial charge < -0.3 is 23.8 Å². The molecule has 2 rings (SSSR count). The first kappa shape index (κ1) is 18.4. The Morgan fingerprint density at radius 1 is 0.880 bits per heavy atom. The zero-order valence-electron chi connectivity index (χ0n) is 14.9.